The Morgan fingerprint density at radius 3 is 2.36 bits per heavy atom. The predicted octanol–water partition coefficient (Wildman–Crippen LogP) is 1.62. The third-order valence-electron chi connectivity index (χ3n) is 3.76. The van der Waals surface area contributed by atoms with Crippen LogP contribution in [0.25, 0.3) is 0 Å². The van der Waals surface area contributed by atoms with Crippen LogP contribution in [0.2, 0.25) is 0 Å². The van der Waals surface area contributed by atoms with Crippen LogP contribution in [0.5, 0.6) is 17.2 Å². The number of carbonyl (C=O) groups excluding carboxylic acids is 1. The summed E-state index contributed by atoms with van der Waals surface area (Å²) >= 11 is 0. The molecule has 0 unspecified atom stereocenters. The quantitative estimate of drug-likeness (QED) is 0.713. The Morgan fingerprint density at radius 2 is 1.77 bits per heavy atom. The molecule has 122 valence electrons. The summed E-state index contributed by atoms with van der Waals surface area (Å²) in [5.74, 6) is 1.45. The molecule has 0 atom stereocenters. The molecule has 1 aliphatic heterocycles. The number of nitrogens with zero attached hydrogens (tertiary/aromatic N) is 1. The Kier molecular flexibility index (Phi) is 6.03. The molecule has 0 amide bonds. The van der Waals surface area contributed by atoms with Crippen LogP contribution >= 0.6 is 0 Å². The lowest BCUT2D eigenvalue weighted by molar-refractivity contribution is 0.0370. The van der Waals surface area contributed by atoms with Gasteiger partial charge in [0.05, 0.1) is 40.1 Å². The van der Waals surface area contributed by atoms with Gasteiger partial charge in [-0.2, -0.15) is 0 Å². The lowest BCUT2D eigenvalue weighted by Gasteiger charge is -2.26. The molecule has 0 radical (unpaired) electrons. The molecule has 1 aliphatic rings. The number of Topliss-reactive ketones (excluding diaryl/α,β-unsaturated/α-hetero) is 1. The third kappa shape index (κ3) is 3.69. The standard InChI is InChI=1S/C16H23NO5/c1-19-14-5-4-12(15(20-2)16(14)21-3)13(18)6-7-17-8-10-22-11-9-17/h4-5H,6-11H2,1-3H3. The fraction of sp³-hybridized carbons (Fsp3) is 0.562. The number of hydrogen-bond acceptors (Lipinski definition) is 6. The van der Waals surface area contributed by atoms with E-state index >= 15 is 0 Å². The highest BCUT2D eigenvalue weighted by Gasteiger charge is 2.21. The molecule has 1 saturated heterocycles. The molecular weight excluding hydrogens is 286 g/mol. The molecular formula is C16H23NO5. The minimum atomic E-state index is 0.0318. The second kappa shape index (κ2) is 8.00. The monoisotopic (exact) mass is 309 g/mol. The zero-order valence-corrected chi connectivity index (χ0v) is 13.4. The number of methoxy groups -OCH3 is 3. The average molecular weight is 309 g/mol. The summed E-state index contributed by atoms with van der Waals surface area (Å²) in [5, 5.41) is 0. The normalized spacial score (nSPS) is 15.4. The second-order valence-electron chi connectivity index (χ2n) is 5.01. The van der Waals surface area contributed by atoms with E-state index in [1.54, 1.807) is 19.2 Å². The van der Waals surface area contributed by atoms with Crippen LogP contribution < -0.4 is 14.2 Å². The van der Waals surface area contributed by atoms with Crippen molar-refractivity contribution in [1.29, 1.82) is 0 Å². The van der Waals surface area contributed by atoms with E-state index in [1.165, 1.54) is 14.2 Å². The molecule has 1 aromatic carbocycles. The van der Waals surface area contributed by atoms with Crippen LogP contribution in [0.1, 0.15) is 16.8 Å². The van der Waals surface area contributed by atoms with Gasteiger partial charge in [-0.1, -0.05) is 0 Å². The van der Waals surface area contributed by atoms with Crippen molar-refractivity contribution in [1.82, 2.24) is 4.90 Å². The van der Waals surface area contributed by atoms with Gasteiger partial charge in [-0.25, -0.2) is 0 Å². The number of ether oxygens (including phenoxy) is 4. The van der Waals surface area contributed by atoms with E-state index in [-0.39, 0.29) is 5.78 Å². The number of carbonyl (C=O) groups is 1. The van der Waals surface area contributed by atoms with Crippen molar-refractivity contribution in [3.63, 3.8) is 0 Å². The third-order valence-corrected chi connectivity index (χ3v) is 3.76. The lowest BCUT2D eigenvalue weighted by atomic mass is 10.1. The van der Waals surface area contributed by atoms with Crippen LogP contribution in [0, 0.1) is 0 Å². The van der Waals surface area contributed by atoms with Crippen molar-refractivity contribution >= 4 is 5.78 Å². The maximum absolute atomic E-state index is 12.5. The largest absolute Gasteiger partial charge is 0.493 e. The van der Waals surface area contributed by atoms with E-state index in [9.17, 15) is 4.79 Å². The summed E-state index contributed by atoms with van der Waals surface area (Å²) in [6.45, 7) is 3.92. The number of benzene rings is 1. The number of rotatable bonds is 7. The fourth-order valence-electron chi connectivity index (χ4n) is 2.54. The Hall–Kier alpha value is -1.79. The van der Waals surface area contributed by atoms with Gasteiger partial charge >= 0.3 is 0 Å². The Balaban J connectivity index is 2.11. The first-order valence-corrected chi connectivity index (χ1v) is 7.33. The van der Waals surface area contributed by atoms with Crippen molar-refractivity contribution in [2.24, 2.45) is 0 Å². The highest BCUT2D eigenvalue weighted by Crippen LogP contribution is 2.40. The Bertz CT molecular complexity index is 512. The van der Waals surface area contributed by atoms with E-state index in [0.29, 0.717) is 29.2 Å². The van der Waals surface area contributed by atoms with Gasteiger partial charge in [0.1, 0.15) is 0 Å². The van der Waals surface area contributed by atoms with E-state index in [2.05, 4.69) is 4.90 Å². The summed E-state index contributed by atoms with van der Waals surface area (Å²) in [4.78, 5) is 14.7. The first-order chi connectivity index (χ1) is 10.7. The van der Waals surface area contributed by atoms with Crippen molar-refractivity contribution in [3.05, 3.63) is 17.7 Å². The van der Waals surface area contributed by atoms with Gasteiger partial charge in [0, 0.05) is 26.1 Å². The minimum absolute atomic E-state index is 0.0318. The van der Waals surface area contributed by atoms with E-state index in [1.807, 2.05) is 0 Å². The summed E-state index contributed by atoms with van der Waals surface area (Å²) in [7, 11) is 4.61. The molecule has 0 saturated carbocycles. The van der Waals surface area contributed by atoms with Gasteiger partial charge in [-0.05, 0) is 12.1 Å². The van der Waals surface area contributed by atoms with Gasteiger partial charge in [-0.15, -0.1) is 0 Å². The summed E-state index contributed by atoms with van der Waals surface area (Å²) < 4.78 is 21.2. The molecule has 1 aromatic rings. The second-order valence-corrected chi connectivity index (χ2v) is 5.01. The van der Waals surface area contributed by atoms with E-state index < -0.39 is 0 Å². The topological polar surface area (TPSA) is 57.2 Å². The summed E-state index contributed by atoms with van der Waals surface area (Å²) in [6.07, 6.45) is 0.436. The Labute approximate surface area is 130 Å². The number of morpholine rings is 1. The van der Waals surface area contributed by atoms with Crippen molar-refractivity contribution < 1.29 is 23.7 Å². The highest BCUT2D eigenvalue weighted by molar-refractivity contribution is 6.00. The van der Waals surface area contributed by atoms with Gasteiger partial charge in [0.25, 0.3) is 0 Å². The van der Waals surface area contributed by atoms with E-state index in [0.717, 1.165) is 32.8 Å². The first-order valence-electron chi connectivity index (χ1n) is 7.33. The summed E-state index contributed by atoms with van der Waals surface area (Å²) in [5.41, 5.74) is 0.522. The zero-order valence-electron chi connectivity index (χ0n) is 13.4. The lowest BCUT2D eigenvalue weighted by Crippen LogP contribution is -2.37. The molecule has 0 spiro atoms. The predicted molar refractivity (Wildman–Crippen MR) is 82.3 cm³/mol. The van der Waals surface area contributed by atoms with E-state index in [4.69, 9.17) is 18.9 Å². The minimum Gasteiger partial charge on any atom is -0.493 e. The molecule has 22 heavy (non-hydrogen) atoms. The van der Waals surface area contributed by atoms with Gasteiger partial charge in [-0.3, -0.25) is 9.69 Å². The summed E-state index contributed by atoms with van der Waals surface area (Å²) in [6, 6.07) is 3.45. The van der Waals surface area contributed by atoms with Gasteiger partial charge < -0.3 is 18.9 Å². The molecule has 6 nitrogen and oxygen atoms in total. The maximum atomic E-state index is 12.5. The van der Waals surface area contributed by atoms with Gasteiger partial charge in [0.2, 0.25) is 5.75 Å². The SMILES string of the molecule is COc1ccc(C(=O)CCN2CCOCC2)c(OC)c1OC. The molecule has 0 bridgehead atoms. The average Bonchev–Trinajstić information content (AvgIpc) is 2.58. The molecule has 2 rings (SSSR count). The van der Waals surface area contributed by atoms with Gasteiger partial charge in [0.15, 0.2) is 17.3 Å². The molecule has 0 N–H and O–H groups in total. The van der Waals surface area contributed by atoms with Crippen LogP contribution in [-0.4, -0.2) is 64.9 Å². The first kappa shape index (κ1) is 16.6. The number of ketones is 1. The van der Waals surface area contributed by atoms with Crippen LogP contribution in [-0.2, 0) is 4.74 Å². The zero-order chi connectivity index (χ0) is 15.9. The fourth-order valence-corrected chi connectivity index (χ4v) is 2.54. The highest BCUT2D eigenvalue weighted by atomic mass is 16.5. The number of hydrogen-bond donors (Lipinski definition) is 0. The van der Waals surface area contributed by atoms with Crippen LogP contribution in [0.15, 0.2) is 12.1 Å². The molecule has 0 aromatic heterocycles. The van der Waals surface area contributed by atoms with Crippen LogP contribution in [0.3, 0.4) is 0 Å². The smallest absolute Gasteiger partial charge is 0.204 e. The van der Waals surface area contributed by atoms with Crippen molar-refractivity contribution in [2.45, 2.75) is 6.42 Å². The molecule has 6 heteroatoms. The Morgan fingerprint density at radius 1 is 1.09 bits per heavy atom. The van der Waals surface area contributed by atoms with Crippen molar-refractivity contribution in [3.8, 4) is 17.2 Å². The molecule has 1 heterocycles. The molecule has 1 fully saturated rings. The van der Waals surface area contributed by atoms with Crippen molar-refractivity contribution in [2.75, 3.05) is 54.2 Å². The maximum Gasteiger partial charge on any atom is 0.204 e. The van der Waals surface area contributed by atoms with Crippen LogP contribution in [0.4, 0.5) is 0 Å². The molecule has 0 aliphatic carbocycles.